The second-order valence-corrected chi connectivity index (χ2v) is 11.3. The molecule has 1 saturated carbocycles. The Balaban J connectivity index is 2.10. The number of primary amides is 1. The van der Waals surface area contributed by atoms with Crippen LogP contribution in [-0.4, -0.2) is 28.6 Å². The fraction of sp³-hybridized carbons (Fsp3) is 0.400. The van der Waals surface area contributed by atoms with Crippen molar-refractivity contribution < 1.29 is 4.79 Å². The number of nitrogens with zero attached hydrogens (tertiary/aromatic N) is 3. The standard InChI is InChI=1S/C15H18N4OSi/c1-21(2,3)10-7-11-5-4-6-12-17-14(18-19(11)12)15(8-9-15)13(16)20/h4-6H,8-9H2,1-3H3,(H2,16,20). The lowest BCUT2D eigenvalue weighted by Crippen LogP contribution is -2.29. The van der Waals surface area contributed by atoms with Crippen LogP contribution in [0.3, 0.4) is 0 Å². The van der Waals surface area contributed by atoms with E-state index in [2.05, 4.69) is 41.2 Å². The summed E-state index contributed by atoms with van der Waals surface area (Å²) in [6, 6.07) is 5.70. The van der Waals surface area contributed by atoms with E-state index in [0.717, 1.165) is 18.5 Å². The van der Waals surface area contributed by atoms with E-state index >= 15 is 0 Å². The molecule has 21 heavy (non-hydrogen) atoms. The summed E-state index contributed by atoms with van der Waals surface area (Å²) in [6.45, 7) is 6.58. The van der Waals surface area contributed by atoms with Crippen molar-refractivity contribution in [2.24, 2.45) is 5.73 Å². The highest BCUT2D eigenvalue weighted by Crippen LogP contribution is 2.46. The largest absolute Gasteiger partial charge is 0.369 e. The van der Waals surface area contributed by atoms with Gasteiger partial charge in [-0.05, 0) is 25.0 Å². The van der Waals surface area contributed by atoms with Gasteiger partial charge in [-0.25, -0.2) is 9.50 Å². The van der Waals surface area contributed by atoms with Crippen molar-refractivity contribution in [3.8, 4) is 11.5 Å². The average Bonchev–Trinajstić information content (AvgIpc) is 3.09. The molecule has 0 aliphatic heterocycles. The van der Waals surface area contributed by atoms with Gasteiger partial charge in [0.2, 0.25) is 5.91 Å². The minimum absolute atomic E-state index is 0.340. The van der Waals surface area contributed by atoms with Crippen LogP contribution in [0.5, 0.6) is 0 Å². The molecule has 1 aliphatic carbocycles. The highest BCUT2D eigenvalue weighted by molar-refractivity contribution is 6.83. The molecule has 0 radical (unpaired) electrons. The first-order valence-electron chi connectivity index (χ1n) is 7.01. The second-order valence-electron chi connectivity index (χ2n) is 6.56. The third-order valence-corrected chi connectivity index (χ3v) is 4.45. The number of pyridine rings is 1. The molecule has 0 aromatic carbocycles. The van der Waals surface area contributed by atoms with E-state index in [9.17, 15) is 4.79 Å². The van der Waals surface area contributed by atoms with Crippen molar-refractivity contribution in [2.75, 3.05) is 0 Å². The Labute approximate surface area is 124 Å². The predicted octanol–water partition coefficient (Wildman–Crippen LogP) is 1.48. The van der Waals surface area contributed by atoms with Crippen molar-refractivity contribution in [2.45, 2.75) is 37.9 Å². The molecular weight excluding hydrogens is 280 g/mol. The molecule has 0 saturated heterocycles. The topological polar surface area (TPSA) is 73.3 Å². The summed E-state index contributed by atoms with van der Waals surface area (Å²) in [6.07, 6.45) is 1.46. The van der Waals surface area contributed by atoms with E-state index < -0.39 is 13.5 Å². The number of carbonyl (C=O) groups is 1. The molecule has 0 atom stereocenters. The molecule has 0 spiro atoms. The molecule has 0 unspecified atom stereocenters. The summed E-state index contributed by atoms with van der Waals surface area (Å²) in [5.41, 5.74) is 9.67. The first-order chi connectivity index (χ1) is 9.82. The van der Waals surface area contributed by atoms with Crippen LogP contribution < -0.4 is 5.73 Å². The second kappa shape index (κ2) is 4.43. The maximum Gasteiger partial charge on any atom is 0.231 e. The van der Waals surface area contributed by atoms with E-state index in [4.69, 9.17) is 5.73 Å². The summed E-state index contributed by atoms with van der Waals surface area (Å²) in [7, 11) is -1.46. The summed E-state index contributed by atoms with van der Waals surface area (Å²) < 4.78 is 1.71. The Kier molecular flexibility index (Phi) is 2.92. The molecule has 2 aromatic rings. The number of carbonyl (C=O) groups excluding carboxylic acids is 1. The van der Waals surface area contributed by atoms with E-state index in [-0.39, 0.29) is 5.91 Å². The molecule has 2 N–H and O–H groups in total. The SMILES string of the molecule is C[Si](C)(C)C#Cc1cccc2nc(C3(C(N)=O)CC3)nn12. The van der Waals surface area contributed by atoms with Gasteiger partial charge in [-0.2, -0.15) is 0 Å². The minimum atomic E-state index is -1.46. The zero-order valence-electron chi connectivity index (χ0n) is 12.5. The number of aromatic nitrogens is 3. The lowest BCUT2D eigenvalue weighted by Gasteiger charge is -2.04. The van der Waals surface area contributed by atoms with Crippen LogP contribution in [0.4, 0.5) is 0 Å². The number of hydrogen-bond donors (Lipinski definition) is 1. The highest BCUT2D eigenvalue weighted by Gasteiger charge is 2.53. The first kappa shape index (κ1) is 13.8. The lowest BCUT2D eigenvalue weighted by molar-refractivity contribution is -0.120. The van der Waals surface area contributed by atoms with E-state index in [0.29, 0.717) is 11.5 Å². The molecule has 1 fully saturated rings. The van der Waals surface area contributed by atoms with Crippen LogP contribution in [0.2, 0.25) is 19.6 Å². The van der Waals surface area contributed by atoms with Crippen molar-refractivity contribution in [1.29, 1.82) is 0 Å². The molecule has 0 bridgehead atoms. The lowest BCUT2D eigenvalue weighted by atomic mass is 10.1. The van der Waals surface area contributed by atoms with Crippen LogP contribution in [0.1, 0.15) is 24.4 Å². The maximum absolute atomic E-state index is 11.6. The molecule has 2 heterocycles. The molecule has 5 nitrogen and oxygen atoms in total. The van der Waals surface area contributed by atoms with Gasteiger partial charge < -0.3 is 5.73 Å². The van der Waals surface area contributed by atoms with Gasteiger partial charge in [0, 0.05) is 0 Å². The summed E-state index contributed by atoms with van der Waals surface area (Å²) in [5, 5.41) is 4.49. The highest BCUT2D eigenvalue weighted by atomic mass is 28.3. The van der Waals surface area contributed by atoms with Gasteiger partial charge in [0.15, 0.2) is 11.5 Å². The van der Waals surface area contributed by atoms with Gasteiger partial charge in [0.25, 0.3) is 0 Å². The molecule has 1 aliphatic rings. The number of hydrogen-bond acceptors (Lipinski definition) is 3. The van der Waals surface area contributed by atoms with E-state index in [1.807, 2.05) is 18.2 Å². The van der Waals surface area contributed by atoms with Crippen LogP contribution in [0.25, 0.3) is 5.65 Å². The van der Waals surface area contributed by atoms with Crippen molar-refractivity contribution in [1.82, 2.24) is 14.6 Å². The molecular formula is C15H18N4OSi. The van der Waals surface area contributed by atoms with E-state index in [1.54, 1.807) is 4.52 Å². The first-order valence-corrected chi connectivity index (χ1v) is 10.5. The monoisotopic (exact) mass is 298 g/mol. The van der Waals surface area contributed by atoms with Gasteiger partial charge in [0.05, 0.1) is 0 Å². The zero-order valence-corrected chi connectivity index (χ0v) is 13.5. The van der Waals surface area contributed by atoms with Gasteiger partial charge in [0.1, 0.15) is 19.2 Å². The fourth-order valence-electron chi connectivity index (χ4n) is 2.16. The number of amides is 1. The van der Waals surface area contributed by atoms with Crippen molar-refractivity contribution in [3.05, 3.63) is 29.7 Å². The normalized spacial score (nSPS) is 16.3. The van der Waals surface area contributed by atoms with Gasteiger partial charge in [-0.1, -0.05) is 31.6 Å². The molecule has 108 valence electrons. The van der Waals surface area contributed by atoms with Crippen LogP contribution in [0, 0.1) is 11.5 Å². The Morgan fingerprint density at radius 3 is 2.67 bits per heavy atom. The van der Waals surface area contributed by atoms with Gasteiger partial charge in [-0.15, -0.1) is 10.6 Å². The third kappa shape index (κ3) is 2.45. The average molecular weight is 298 g/mol. The Bertz CT molecular complexity index is 787. The summed E-state index contributed by atoms with van der Waals surface area (Å²) >= 11 is 0. The van der Waals surface area contributed by atoms with Crippen molar-refractivity contribution >= 4 is 19.6 Å². The van der Waals surface area contributed by atoms with Crippen LogP contribution in [-0.2, 0) is 10.2 Å². The van der Waals surface area contributed by atoms with Gasteiger partial charge in [-0.3, -0.25) is 4.79 Å². The van der Waals surface area contributed by atoms with Crippen LogP contribution >= 0.6 is 0 Å². The number of rotatable bonds is 2. The number of nitrogens with two attached hydrogens (primary N) is 1. The van der Waals surface area contributed by atoms with Crippen LogP contribution in [0.15, 0.2) is 18.2 Å². The summed E-state index contributed by atoms with van der Waals surface area (Å²) in [4.78, 5) is 16.1. The Morgan fingerprint density at radius 2 is 2.10 bits per heavy atom. The molecule has 3 rings (SSSR count). The molecule has 1 amide bonds. The summed E-state index contributed by atoms with van der Waals surface area (Å²) in [5.74, 6) is 3.38. The third-order valence-electron chi connectivity index (χ3n) is 3.58. The minimum Gasteiger partial charge on any atom is -0.369 e. The smallest absolute Gasteiger partial charge is 0.231 e. The predicted molar refractivity (Wildman–Crippen MR) is 83.3 cm³/mol. The van der Waals surface area contributed by atoms with Crippen molar-refractivity contribution in [3.63, 3.8) is 0 Å². The quantitative estimate of drug-likeness (QED) is 0.674. The molecule has 2 aromatic heterocycles. The zero-order chi connectivity index (χ0) is 15.3. The number of fused-ring (bicyclic) bond motifs is 1. The molecule has 6 heteroatoms. The maximum atomic E-state index is 11.6. The fourth-order valence-corrected chi connectivity index (χ4v) is 2.66. The van der Waals surface area contributed by atoms with Gasteiger partial charge >= 0.3 is 0 Å². The Morgan fingerprint density at radius 1 is 1.38 bits per heavy atom. The van der Waals surface area contributed by atoms with E-state index in [1.165, 1.54) is 0 Å². The Hall–Kier alpha value is -2.13.